The van der Waals surface area contributed by atoms with Crippen molar-refractivity contribution in [2.75, 3.05) is 7.11 Å². The minimum absolute atomic E-state index is 0.0504. The molecule has 0 unspecified atom stereocenters. The molecule has 1 fully saturated rings. The van der Waals surface area contributed by atoms with Gasteiger partial charge in [-0.3, -0.25) is 0 Å². The van der Waals surface area contributed by atoms with Gasteiger partial charge in [0.1, 0.15) is 11.5 Å². The predicted molar refractivity (Wildman–Crippen MR) is 172 cm³/mol. The molecule has 41 heavy (non-hydrogen) atoms. The summed E-state index contributed by atoms with van der Waals surface area (Å²) in [6, 6.07) is 38.5. The lowest BCUT2D eigenvalue weighted by Crippen LogP contribution is -2.68. The molecule has 5 rings (SSSR count). The van der Waals surface area contributed by atoms with Crippen LogP contribution in [0.4, 0.5) is 0 Å². The van der Waals surface area contributed by atoms with Crippen molar-refractivity contribution in [1.29, 1.82) is 0 Å². The van der Waals surface area contributed by atoms with Crippen LogP contribution in [0.2, 0.25) is 5.04 Å². The van der Waals surface area contributed by atoms with Gasteiger partial charge in [0.15, 0.2) is 0 Å². The molecule has 4 aromatic rings. The highest BCUT2D eigenvalue weighted by Crippen LogP contribution is 2.38. The monoisotopic (exact) mass is 562 g/mol. The van der Waals surface area contributed by atoms with E-state index in [0.717, 1.165) is 37.2 Å². The molecule has 1 aliphatic heterocycles. The van der Waals surface area contributed by atoms with Crippen molar-refractivity contribution >= 4 is 18.7 Å². The Morgan fingerprint density at radius 2 is 1.32 bits per heavy atom. The van der Waals surface area contributed by atoms with Crippen molar-refractivity contribution < 1.29 is 13.9 Å². The van der Waals surface area contributed by atoms with Gasteiger partial charge >= 0.3 is 8.32 Å². The normalized spacial score (nSPS) is 17.7. The van der Waals surface area contributed by atoms with E-state index in [9.17, 15) is 0 Å². The lowest BCUT2D eigenvalue weighted by molar-refractivity contribution is -0.0361. The van der Waals surface area contributed by atoms with Crippen LogP contribution >= 0.6 is 0 Å². The second-order valence-corrected chi connectivity index (χ2v) is 16.3. The van der Waals surface area contributed by atoms with Gasteiger partial charge in [-0.2, -0.15) is 0 Å². The Kier molecular flexibility index (Phi) is 8.81. The Hall–Kier alpha value is -3.60. The lowest BCUT2D eigenvalue weighted by atomic mass is 9.92. The Morgan fingerprint density at radius 1 is 0.756 bits per heavy atom. The zero-order valence-electron chi connectivity index (χ0n) is 24.8. The van der Waals surface area contributed by atoms with Crippen LogP contribution in [0, 0.1) is 0 Å². The summed E-state index contributed by atoms with van der Waals surface area (Å²) in [6.07, 6.45) is 3.91. The maximum absolute atomic E-state index is 7.18. The lowest BCUT2D eigenvalue weighted by Gasteiger charge is -2.43. The third-order valence-electron chi connectivity index (χ3n) is 8.20. The summed E-state index contributed by atoms with van der Waals surface area (Å²) in [7, 11) is -0.952. The van der Waals surface area contributed by atoms with Crippen molar-refractivity contribution in [1.82, 2.24) is 0 Å². The first kappa shape index (κ1) is 28.9. The molecule has 4 heteroatoms. The SMILES string of the molecule is C=C1C[C@@H](CCc2ccc(O[Si](c3ccccc3)(c3ccccc3)C(C)(C)C)cc2)O[C@@H](c2ccc(OC)cc2)C1. The zero-order valence-corrected chi connectivity index (χ0v) is 25.8. The van der Waals surface area contributed by atoms with Crippen LogP contribution in [-0.4, -0.2) is 21.5 Å². The van der Waals surface area contributed by atoms with Gasteiger partial charge in [0.05, 0.1) is 19.3 Å². The van der Waals surface area contributed by atoms with Gasteiger partial charge in [-0.25, -0.2) is 0 Å². The zero-order chi connectivity index (χ0) is 28.9. The van der Waals surface area contributed by atoms with Crippen molar-refractivity contribution in [3.8, 4) is 11.5 Å². The van der Waals surface area contributed by atoms with Crippen molar-refractivity contribution in [2.24, 2.45) is 0 Å². The molecule has 212 valence electrons. The molecule has 2 atom stereocenters. The Labute approximate surface area is 246 Å². The molecule has 1 saturated heterocycles. The van der Waals surface area contributed by atoms with Gasteiger partial charge in [-0.05, 0) is 76.5 Å². The number of ether oxygens (including phenoxy) is 2. The minimum Gasteiger partial charge on any atom is -0.534 e. The van der Waals surface area contributed by atoms with E-state index in [4.69, 9.17) is 13.9 Å². The third kappa shape index (κ3) is 6.50. The summed E-state index contributed by atoms with van der Waals surface area (Å²) in [5.74, 6) is 1.78. The molecule has 0 radical (unpaired) electrons. The van der Waals surface area contributed by atoms with Crippen LogP contribution in [0.1, 0.15) is 57.3 Å². The quantitative estimate of drug-likeness (QED) is 0.153. The number of hydrogen-bond acceptors (Lipinski definition) is 3. The molecule has 3 nitrogen and oxygen atoms in total. The van der Waals surface area contributed by atoms with E-state index in [1.54, 1.807) is 7.11 Å². The first-order chi connectivity index (χ1) is 19.8. The average Bonchev–Trinajstić information content (AvgIpc) is 2.99. The van der Waals surface area contributed by atoms with Crippen LogP contribution in [-0.2, 0) is 11.2 Å². The van der Waals surface area contributed by atoms with E-state index >= 15 is 0 Å². The number of rotatable bonds is 9. The summed E-state index contributed by atoms with van der Waals surface area (Å²) in [6.45, 7) is 11.3. The molecule has 4 aromatic carbocycles. The van der Waals surface area contributed by atoms with Crippen LogP contribution in [0.25, 0.3) is 0 Å². The first-order valence-electron chi connectivity index (χ1n) is 14.6. The van der Waals surface area contributed by atoms with Crippen LogP contribution in [0.5, 0.6) is 11.5 Å². The maximum Gasteiger partial charge on any atom is 0.319 e. The van der Waals surface area contributed by atoms with E-state index in [0.29, 0.717) is 0 Å². The van der Waals surface area contributed by atoms with Gasteiger partial charge in [-0.1, -0.05) is 118 Å². The summed E-state index contributed by atoms with van der Waals surface area (Å²) in [4.78, 5) is 0. The number of aryl methyl sites for hydroxylation is 1. The minimum atomic E-state index is -2.64. The molecular formula is C37H42O3Si. The van der Waals surface area contributed by atoms with Crippen LogP contribution in [0.3, 0.4) is 0 Å². The van der Waals surface area contributed by atoms with Crippen molar-refractivity contribution in [2.45, 2.75) is 63.7 Å². The topological polar surface area (TPSA) is 27.7 Å². The highest BCUT2D eigenvalue weighted by molar-refractivity contribution is 7.00. The van der Waals surface area contributed by atoms with Gasteiger partial charge in [0.2, 0.25) is 0 Å². The molecule has 0 aliphatic carbocycles. The fraction of sp³-hybridized carbons (Fsp3) is 0.297. The summed E-state index contributed by atoms with van der Waals surface area (Å²) >= 11 is 0. The van der Waals surface area contributed by atoms with Gasteiger partial charge in [0, 0.05) is 0 Å². The Bertz CT molecular complexity index is 1370. The number of benzene rings is 4. The van der Waals surface area contributed by atoms with E-state index in [2.05, 4.69) is 124 Å². The molecular weight excluding hydrogens is 520 g/mol. The fourth-order valence-corrected chi connectivity index (χ4v) is 10.5. The van der Waals surface area contributed by atoms with Gasteiger partial charge in [0.25, 0.3) is 0 Å². The summed E-state index contributed by atoms with van der Waals surface area (Å²) < 4.78 is 19.0. The Morgan fingerprint density at radius 3 is 1.85 bits per heavy atom. The number of methoxy groups -OCH3 is 1. The molecule has 0 N–H and O–H groups in total. The molecule has 1 aliphatic rings. The largest absolute Gasteiger partial charge is 0.534 e. The molecule has 0 saturated carbocycles. The van der Waals surface area contributed by atoms with E-state index in [1.807, 2.05) is 12.1 Å². The van der Waals surface area contributed by atoms with Crippen molar-refractivity contribution in [3.05, 3.63) is 132 Å². The fourth-order valence-electron chi connectivity index (χ4n) is 6.06. The molecule has 0 aromatic heterocycles. The highest BCUT2D eigenvalue weighted by Gasteiger charge is 2.52. The number of hydrogen-bond donors (Lipinski definition) is 0. The van der Waals surface area contributed by atoms with E-state index in [1.165, 1.54) is 27.1 Å². The maximum atomic E-state index is 7.18. The first-order valence-corrected chi connectivity index (χ1v) is 16.5. The smallest absolute Gasteiger partial charge is 0.319 e. The van der Waals surface area contributed by atoms with Gasteiger partial charge < -0.3 is 13.9 Å². The van der Waals surface area contributed by atoms with Crippen LogP contribution in [0.15, 0.2) is 121 Å². The molecule has 0 amide bonds. The van der Waals surface area contributed by atoms with E-state index < -0.39 is 8.32 Å². The summed E-state index contributed by atoms with van der Waals surface area (Å²) in [5.41, 5.74) is 3.73. The average molecular weight is 563 g/mol. The predicted octanol–water partition coefficient (Wildman–Crippen LogP) is 8.04. The third-order valence-corrected chi connectivity index (χ3v) is 13.1. The second-order valence-electron chi connectivity index (χ2n) is 12.1. The molecule has 0 bridgehead atoms. The second kappa shape index (κ2) is 12.5. The Balaban J connectivity index is 1.31. The summed E-state index contributed by atoms with van der Waals surface area (Å²) in [5, 5.41) is 2.49. The van der Waals surface area contributed by atoms with Gasteiger partial charge in [-0.15, -0.1) is 0 Å². The highest BCUT2D eigenvalue weighted by atomic mass is 28.4. The molecule has 0 spiro atoms. The molecule has 1 heterocycles. The van der Waals surface area contributed by atoms with Crippen molar-refractivity contribution in [3.63, 3.8) is 0 Å². The van der Waals surface area contributed by atoms with E-state index in [-0.39, 0.29) is 17.2 Å². The standard InChI is InChI=1S/C37H42O3Si/c1-28-26-33(39-36(27-28)30-19-24-31(38-5)25-20-30)23-18-29-16-21-32(22-17-29)40-41(37(2,3)4,34-12-8-6-9-13-34)35-14-10-7-11-15-35/h6-17,19-22,24-25,33,36H,1,18,23,26-27H2,2-5H3/t33-,36-/m1/s1. The van der Waals surface area contributed by atoms with Crippen LogP contribution < -0.4 is 19.5 Å².